The van der Waals surface area contributed by atoms with Crippen LogP contribution >= 0.6 is 31.9 Å². The Morgan fingerprint density at radius 3 is 1.35 bits per heavy atom. The second-order valence-electron chi connectivity index (χ2n) is 14.2. The molecule has 0 N–H and O–H groups in total. The van der Waals surface area contributed by atoms with Crippen molar-refractivity contribution in [2.75, 3.05) is 0 Å². The van der Waals surface area contributed by atoms with E-state index in [1.807, 2.05) is 73.7 Å². The number of rotatable bonds is 6. The SMILES string of the molecule is CC1(C)OB(c2ccc(-c3nc(-c4cccc(-c5ccccc5)c4)nc(-c4cccc(-c5ccccc5)c4)n3)cc2)OC1(C)C.Cc1cc(Br)ncc1Br. The van der Waals surface area contributed by atoms with Gasteiger partial charge in [0.15, 0.2) is 17.5 Å². The minimum atomic E-state index is -0.435. The summed E-state index contributed by atoms with van der Waals surface area (Å²) in [4.78, 5) is 19.0. The number of aryl methyl sites for hydroxylation is 1. The molecule has 0 spiro atoms. The molecule has 9 heteroatoms. The van der Waals surface area contributed by atoms with Gasteiger partial charge in [-0.1, -0.05) is 121 Å². The van der Waals surface area contributed by atoms with Crippen LogP contribution in [0.3, 0.4) is 0 Å². The number of hydrogen-bond acceptors (Lipinski definition) is 6. The molecule has 7 aromatic rings. The van der Waals surface area contributed by atoms with Gasteiger partial charge in [-0.3, -0.25) is 0 Å². The van der Waals surface area contributed by atoms with Crippen molar-refractivity contribution in [2.24, 2.45) is 0 Å². The van der Waals surface area contributed by atoms with E-state index < -0.39 is 18.3 Å². The number of hydrogen-bond donors (Lipinski definition) is 0. The van der Waals surface area contributed by atoms with Crippen LogP contribution in [-0.4, -0.2) is 38.3 Å². The minimum Gasteiger partial charge on any atom is -0.399 e. The van der Waals surface area contributed by atoms with E-state index in [-0.39, 0.29) is 0 Å². The van der Waals surface area contributed by atoms with E-state index in [2.05, 4.69) is 137 Å². The van der Waals surface area contributed by atoms with Crippen molar-refractivity contribution in [2.45, 2.75) is 45.8 Å². The lowest BCUT2D eigenvalue weighted by atomic mass is 9.79. The highest BCUT2D eigenvalue weighted by atomic mass is 79.9. The molecule has 8 rings (SSSR count). The monoisotopic (exact) mass is 836 g/mol. The molecule has 54 heavy (non-hydrogen) atoms. The lowest BCUT2D eigenvalue weighted by Crippen LogP contribution is -2.41. The molecule has 5 aromatic carbocycles. The highest BCUT2D eigenvalue weighted by Crippen LogP contribution is 2.37. The summed E-state index contributed by atoms with van der Waals surface area (Å²) in [5.41, 5.74) is 8.57. The van der Waals surface area contributed by atoms with E-state index in [4.69, 9.17) is 24.3 Å². The molecule has 1 fully saturated rings. The van der Waals surface area contributed by atoms with Gasteiger partial charge in [0.1, 0.15) is 4.60 Å². The van der Waals surface area contributed by atoms with Crippen molar-refractivity contribution in [1.29, 1.82) is 0 Å². The van der Waals surface area contributed by atoms with Gasteiger partial charge in [-0.2, -0.15) is 0 Å². The second-order valence-corrected chi connectivity index (χ2v) is 15.8. The van der Waals surface area contributed by atoms with Crippen LogP contribution in [0, 0.1) is 6.92 Å². The number of nitrogens with zero attached hydrogens (tertiary/aromatic N) is 4. The van der Waals surface area contributed by atoms with Crippen molar-refractivity contribution in [3.63, 3.8) is 0 Å². The molecular formula is C45H39BBr2N4O2. The molecule has 0 amide bonds. The first-order valence-electron chi connectivity index (χ1n) is 17.8. The van der Waals surface area contributed by atoms with Gasteiger partial charge in [0.05, 0.1) is 11.2 Å². The fourth-order valence-corrected chi connectivity index (χ4v) is 6.64. The van der Waals surface area contributed by atoms with Crippen LogP contribution in [0.5, 0.6) is 0 Å². The Labute approximate surface area is 334 Å². The maximum absolute atomic E-state index is 6.28. The van der Waals surface area contributed by atoms with Crippen LogP contribution < -0.4 is 5.46 Å². The Hall–Kier alpha value is -4.80. The van der Waals surface area contributed by atoms with Crippen LogP contribution in [0.2, 0.25) is 0 Å². The molecule has 0 saturated carbocycles. The number of pyridine rings is 1. The minimum absolute atomic E-state index is 0.406. The zero-order valence-electron chi connectivity index (χ0n) is 30.8. The lowest BCUT2D eigenvalue weighted by Gasteiger charge is -2.32. The van der Waals surface area contributed by atoms with Gasteiger partial charge in [0.2, 0.25) is 0 Å². The Kier molecular flexibility index (Phi) is 11.0. The van der Waals surface area contributed by atoms with E-state index in [0.717, 1.165) is 53.5 Å². The molecule has 0 radical (unpaired) electrons. The molecule has 0 atom stereocenters. The molecule has 1 saturated heterocycles. The second kappa shape index (κ2) is 15.9. The molecule has 0 bridgehead atoms. The van der Waals surface area contributed by atoms with Crippen LogP contribution in [0.15, 0.2) is 155 Å². The predicted octanol–water partition coefficient (Wildman–Crippen LogP) is 11.4. The average molecular weight is 838 g/mol. The summed E-state index contributed by atoms with van der Waals surface area (Å²) < 4.78 is 14.5. The van der Waals surface area contributed by atoms with Crippen molar-refractivity contribution in [1.82, 2.24) is 19.9 Å². The van der Waals surface area contributed by atoms with Gasteiger partial charge in [-0.25, -0.2) is 19.9 Å². The quantitative estimate of drug-likeness (QED) is 0.123. The van der Waals surface area contributed by atoms with Crippen LogP contribution in [-0.2, 0) is 9.31 Å². The highest BCUT2D eigenvalue weighted by Gasteiger charge is 2.51. The molecule has 1 aliphatic rings. The van der Waals surface area contributed by atoms with E-state index >= 15 is 0 Å². The molecular weight excluding hydrogens is 799 g/mol. The van der Waals surface area contributed by atoms with E-state index in [0.29, 0.717) is 17.5 Å². The average Bonchev–Trinajstić information content (AvgIpc) is 3.43. The molecule has 268 valence electrons. The summed E-state index contributed by atoms with van der Waals surface area (Å²) in [5, 5.41) is 0. The fraction of sp³-hybridized carbons (Fsp3) is 0.156. The zero-order chi connectivity index (χ0) is 37.9. The Morgan fingerprint density at radius 1 is 0.481 bits per heavy atom. The number of benzene rings is 5. The third kappa shape index (κ3) is 8.45. The molecule has 0 aliphatic carbocycles. The lowest BCUT2D eigenvalue weighted by molar-refractivity contribution is 0.00578. The summed E-state index contributed by atoms with van der Waals surface area (Å²) in [5.74, 6) is 1.84. The maximum atomic E-state index is 6.28. The van der Waals surface area contributed by atoms with Crippen molar-refractivity contribution < 1.29 is 9.31 Å². The predicted molar refractivity (Wildman–Crippen MR) is 227 cm³/mol. The maximum Gasteiger partial charge on any atom is 0.494 e. The third-order valence-corrected chi connectivity index (χ3v) is 11.1. The van der Waals surface area contributed by atoms with Crippen LogP contribution in [0.25, 0.3) is 56.4 Å². The van der Waals surface area contributed by atoms with Crippen molar-refractivity contribution in [3.05, 3.63) is 160 Å². The smallest absolute Gasteiger partial charge is 0.399 e. The first-order valence-corrected chi connectivity index (χ1v) is 19.4. The normalized spacial score (nSPS) is 14.3. The molecule has 2 aromatic heterocycles. The zero-order valence-corrected chi connectivity index (χ0v) is 34.0. The number of halogens is 2. The van der Waals surface area contributed by atoms with Gasteiger partial charge >= 0.3 is 7.12 Å². The Morgan fingerprint density at radius 2 is 0.907 bits per heavy atom. The van der Waals surface area contributed by atoms with E-state index in [9.17, 15) is 0 Å². The fourth-order valence-electron chi connectivity index (χ4n) is 5.97. The van der Waals surface area contributed by atoms with E-state index in [1.165, 1.54) is 5.56 Å². The summed E-state index contributed by atoms with van der Waals surface area (Å²) in [6.45, 7) is 10.3. The van der Waals surface area contributed by atoms with Gasteiger partial charge in [0, 0.05) is 27.4 Å². The molecule has 1 aliphatic heterocycles. The first kappa shape index (κ1) is 37.5. The Bertz CT molecular complexity index is 2270. The van der Waals surface area contributed by atoms with Gasteiger partial charge < -0.3 is 9.31 Å². The van der Waals surface area contributed by atoms with Crippen molar-refractivity contribution in [3.8, 4) is 56.4 Å². The molecule has 6 nitrogen and oxygen atoms in total. The van der Waals surface area contributed by atoms with Gasteiger partial charge in [0.25, 0.3) is 0 Å². The standard InChI is InChI=1S/C39H34BN3O2.C6H5Br2N/c1-38(2)39(3,4)45-40(44-38)34-23-21-29(22-24-34)35-41-36(32-19-11-17-30(25-32)27-13-7-5-8-14-27)43-37(42-35)33-20-12-18-31(26-33)28-15-9-6-10-16-28;1-4-2-6(8)9-3-5(4)7/h5-26H,1-4H3;2-3H,1H3. The molecule has 3 heterocycles. The summed E-state index contributed by atoms with van der Waals surface area (Å²) in [6.07, 6.45) is 1.78. The van der Waals surface area contributed by atoms with Crippen LogP contribution in [0.1, 0.15) is 33.3 Å². The highest BCUT2D eigenvalue weighted by molar-refractivity contribution is 9.11. The topological polar surface area (TPSA) is 70.0 Å². The van der Waals surface area contributed by atoms with E-state index in [1.54, 1.807) is 6.20 Å². The van der Waals surface area contributed by atoms with Crippen LogP contribution in [0.4, 0.5) is 0 Å². The van der Waals surface area contributed by atoms with Crippen molar-refractivity contribution >= 4 is 44.4 Å². The summed E-state index contributed by atoms with van der Waals surface area (Å²) in [6, 6.07) is 47.5. The largest absolute Gasteiger partial charge is 0.494 e. The Balaban J connectivity index is 0.000000440. The van der Waals surface area contributed by atoms with Gasteiger partial charge in [-0.15, -0.1) is 0 Å². The summed E-state index contributed by atoms with van der Waals surface area (Å²) in [7, 11) is -0.435. The van der Waals surface area contributed by atoms with Gasteiger partial charge in [-0.05, 0) is 118 Å². The number of aromatic nitrogens is 4. The molecule has 0 unspecified atom stereocenters. The first-order chi connectivity index (χ1) is 26.0. The summed E-state index contributed by atoms with van der Waals surface area (Å²) >= 11 is 6.61. The third-order valence-electron chi connectivity index (χ3n) is 9.80.